The van der Waals surface area contributed by atoms with Gasteiger partial charge in [-0.25, -0.2) is 9.07 Å². The van der Waals surface area contributed by atoms with E-state index in [1.807, 2.05) is 23.1 Å². The van der Waals surface area contributed by atoms with Gasteiger partial charge in [-0.05, 0) is 49.6 Å². The minimum Gasteiger partial charge on any atom is -0.486 e. The molecule has 0 spiro atoms. The number of fused-ring (bicyclic) bond motifs is 1. The second kappa shape index (κ2) is 7.48. The Balaban J connectivity index is 1.44. The molecule has 0 saturated carbocycles. The first-order valence-corrected chi connectivity index (χ1v) is 10.1. The van der Waals surface area contributed by atoms with E-state index < -0.39 is 0 Å². The zero-order chi connectivity index (χ0) is 20.7. The minimum absolute atomic E-state index is 0.0375. The highest BCUT2D eigenvalue weighted by Crippen LogP contribution is 2.38. The first-order chi connectivity index (χ1) is 14.6. The van der Waals surface area contributed by atoms with Crippen molar-refractivity contribution in [1.29, 1.82) is 0 Å². The summed E-state index contributed by atoms with van der Waals surface area (Å²) in [6.07, 6.45) is 3.33. The maximum Gasteiger partial charge on any atom is 0.257 e. The Morgan fingerprint density at radius 3 is 2.77 bits per heavy atom. The summed E-state index contributed by atoms with van der Waals surface area (Å²) >= 11 is 0. The third-order valence-corrected chi connectivity index (χ3v) is 5.79. The average Bonchev–Trinajstić information content (AvgIpc) is 3.40. The summed E-state index contributed by atoms with van der Waals surface area (Å²) < 4.78 is 27.0. The van der Waals surface area contributed by atoms with Crippen LogP contribution >= 0.6 is 0 Å². The van der Waals surface area contributed by atoms with Gasteiger partial charge in [0.25, 0.3) is 5.91 Å². The fraction of sp³-hybridized carbons (Fsp3) is 0.304. The molecule has 7 heteroatoms. The molecule has 0 N–H and O–H groups in total. The van der Waals surface area contributed by atoms with Gasteiger partial charge >= 0.3 is 0 Å². The number of benzene rings is 2. The molecule has 2 aliphatic heterocycles. The van der Waals surface area contributed by atoms with E-state index in [-0.39, 0.29) is 17.8 Å². The lowest BCUT2D eigenvalue weighted by molar-refractivity contribution is 0.0734. The monoisotopic (exact) mass is 407 g/mol. The summed E-state index contributed by atoms with van der Waals surface area (Å²) in [7, 11) is 0. The first kappa shape index (κ1) is 18.7. The molecule has 30 heavy (non-hydrogen) atoms. The van der Waals surface area contributed by atoms with Crippen molar-refractivity contribution in [3.05, 3.63) is 71.3 Å². The molecule has 5 rings (SSSR count). The molecule has 2 aliphatic rings. The van der Waals surface area contributed by atoms with E-state index in [0.29, 0.717) is 36.7 Å². The Hall–Kier alpha value is -3.35. The van der Waals surface area contributed by atoms with Crippen LogP contribution in [0, 0.1) is 12.7 Å². The quantitative estimate of drug-likeness (QED) is 0.657. The third-order valence-electron chi connectivity index (χ3n) is 5.79. The number of para-hydroxylation sites is 1. The van der Waals surface area contributed by atoms with E-state index >= 15 is 0 Å². The lowest BCUT2D eigenvalue weighted by Gasteiger charge is -2.26. The van der Waals surface area contributed by atoms with Gasteiger partial charge in [0, 0.05) is 6.54 Å². The normalized spacial score (nSPS) is 17.9. The summed E-state index contributed by atoms with van der Waals surface area (Å²) in [6.45, 7) is 3.54. The van der Waals surface area contributed by atoms with E-state index in [9.17, 15) is 9.18 Å². The van der Waals surface area contributed by atoms with E-state index in [0.717, 1.165) is 29.9 Å². The van der Waals surface area contributed by atoms with Crippen LogP contribution in [0.5, 0.6) is 11.5 Å². The summed E-state index contributed by atoms with van der Waals surface area (Å²) in [4.78, 5) is 15.3. The summed E-state index contributed by atoms with van der Waals surface area (Å²) in [6, 6.07) is 12.3. The second-order valence-corrected chi connectivity index (χ2v) is 7.57. The maximum atomic E-state index is 14.2. The molecule has 1 fully saturated rings. The highest BCUT2D eigenvalue weighted by atomic mass is 19.1. The van der Waals surface area contributed by atoms with Gasteiger partial charge in [-0.2, -0.15) is 5.10 Å². The van der Waals surface area contributed by atoms with Crippen LogP contribution < -0.4 is 9.47 Å². The van der Waals surface area contributed by atoms with Crippen LogP contribution in [0.25, 0.3) is 5.69 Å². The van der Waals surface area contributed by atoms with E-state index in [2.05, 4.69) is 5.10 Å². The number of amides is 1. The lowest BCUT2D eigenvalue weighted by atomic mass is 10.0. The Kier molecular flexibility index (Phi) is 4.65. The Morgan fingerprint density at radius 2 is 1.93 bits per heavy atom. The van der Waals surface area contributed by atoms with Crippen molar-refractivity contribution in [1.82, 2.24) is 14.7 Å². The van der Waals surface area contributed by atoms with Gasteiger partial charge in [0.15, 0.2) is 11.5 Å². The predicted octanol–water partition coefficient (Wildman–Crippen LogP) is 4.07. The van der Waals surface area contributed by atoms with Crippen molar-refractivity contribution in [2.45, 2.75) is 25.8 Å². The number of likely N-dealkylation sites (tertiary alicyclic amines) is 1. The fourth-order valence-corrected chi connectivity index (χ4v) is 4.26. The van der Waals surface area contributed by atoms with Gasteiger partial charge in [-0.15, -0.1) is 0 Å². The zero-order valence-corrected chi connectivity index (χ0v) is 16.7. The van der Waals surface area contributed by atoms with Gasteiger partial charge in [0.05, 0.1) is 23.5 Å². The molecular formula is C23H22FN3O3. The van der Waals surface area contributed by atoms with Crippen molar-refractivity contribution in [2.24, 2.45) is 0 Å². The largest absolute Gasteiger partial charge is 0.486 e. The number of hydrogen-bond donors (Lipinski definition) is 0. The van der Waals surface area contributed by atoms with E-state index in [4.69, 9.17) is 9.47 Å². The Bertz CT molecular complexity index is 1110. The Morgan fingerprint density at radius 1 is 1.13 bits per heavy atom. The number of ether oxygens (including phenoxy) is 2. The third kappa shape index (κ3) is 3.10. The van der Waals surface area contributed by atoms with Crippen LogP contribution in [-0.2, 0) is 0 Å². The number of rotatable bonds is 3. The van der Waals surface area contributed by atoms with Gasteiger partial charge in [0.1, 0.15) is 24.7 Å². The van der Waals surface area contributed by atoms with Gasteiger partial charge in [-0.1, -0.05) is 18.2 Å². The minimum atomic E-state index is -0.377. The highest BCUT2D eigenvalue weighted by Gasteiger charge is 2.33. The van der Waals surface area contributed by atoms with Crippen molar-refractivity contribution < 1.29 is 18.7 Å². The number of carbonyl (C=O) groups excluding carboxylic acids is 1. The van der Waals surface area contributed by atoms with Crippen molar-refractivity contribution in [3.8, 4) is 17.2 Å². The smallest absolute Gasteiger partial charge is 0.257 e. The molecular weight excluding hydrogens is 385 g/mol. The molecule has 0 aliphatic carbocycles. The SMILES string of the molecule is Cc1c(C(=O)N2CCC[C@H]2c2ccc3c(c2)OCCO3)cnn1-c1ccccc1F. The molecule has 6 nitrogen and oxygen atoms in total. The van der Waals surface area contributed by atoms with Crippen LogP contribution in [0.3, 0.4) is 0 Å². The van der Waals surface area contributed by atoms with Crippen LogP contribution in [0.2, 0.25) is 0 Å². The van der Waals surface area contributed by atoms with E-state index in [1.54, 1.807) is 25.1 Å². The molecule has 1 aromatic heterocycles. The number of carbonyl (C=O) groups is 1. The molecule has 1 atom stereocenters. The van der Waals surface area contributed by atoms with Gasteiger partial charge < -0.3 is 14.4 Å². The van der Waals surface area contributed by atoms with Crippen LogP contribution in [-0.4, -0.2) is 40.3 Å². The zero-order valence-electron chi connectivity index (χ0n) is 16.7. The molecule has 0 radical (unpaired) electrons. The van der Waals surface area contributed by atoms with Gasteiger partial charge in [-0.3, -0.25) is 4.79 Å². The van der Waals surface area contributed by atoms with Gasteiger partial charge in [0.2, 0.25) is 0 Å². The summed E-state index contributed by atoms with van der Waals surface area (Å²) in [5.41, 5.74) is 2.48. The summed E-state index contributed by atoms with van der Waals surface area (Å²) in [5.74, 6) is 0.995. The molecule has 1 saturated heterocycles. The van der Waals surface area contributed by atoms with E-state index in [1.165, 1.54) is 16.9 Å². The lowest BCUT2D eigenvalue weighted by Crippen LogP contribution is -2.31. The molecule has 154 valence electrons. The van der Waals surface area contributed by atoms with Crippen molar-refractivity contribution in [3.63, 3.8) is 0 Å². The first-order valence-electron chi connectivity index (χ1n) is 10.1. The van der Waals surface area contributed by atoms with Crippen LogP contribution in [0.4, 0.5) is 4.39 Å². The predicted molar refractivity (Wildman–Crippen MR) is 109 cm³/mol. The highest BCUT2D eigenvalue weighted by molar-refractivity contribution is 5.95. The average molecular weight is 407 g/mol. The molecule has 0 bridgehead atoms. The molecule has 1 amide bonds. The molecule has 2 aromatic carbocycles. The number of halogens is 1. The van der Waals surface area contributed by atoms with Crippen LogP contribution in [0.1, 0.15) is 40.5 Å². The topological polar surface area (TPSA) is 56.6 Å². The molecule has 3 heterocycles. The number of hydrogen-bond acceptors (Lipinski definition) is 4. The standard InChI is InChI=1S/C23H22FN3O3/c1-15-17(14-25-27(15)20-6-3-2-5-18(20)24)23(28)26-10-4-7-19(26)16-8-9-21-22(13-16)30-12-11-29-21/h2-3,5-6,8-9,13-14,19H,4,7,10-12H2,1H3/t19-/m0/s1. The van der Waals surface area contributed by atoms with Crippen LogP contribution in [0.15, 0.2) is 48.7 Å². The Labute approximate surface area is 173 Å². The number of nitrogens with zero attached hydrogens (tertiary/aromatic N) is 3. The fourth-order valence-electron chi connectivity index (χ4n) is 4.26. The maximum absolute atomic E-state index is 14.2. The molecule has 3 aromatic rings. The summed E-state index contributed by atoms with van der Waals surface area (Å²) in [5, 5.41) is 4.29. The molecule has 0 unspecified atom stereocenters. The van der Waals surface area contributed by atoms with Crippen molar-refractivity contribution in [2.75, 3.05) is 19.8 Å². The second-order valence-electron chi connectivity index (χ2n) is 7.57. The van der Waals surface area contributed by atoms with Crippen molar-refractivity contribution >= 4 is 5.91 Å². The number of aromatic nitrogens is 2.